The van der Waals surface area contributed by atoms with Crippen LogP contribution in [0.4, 0.5) is 0 Å². The number of hydrogen-bond acceptors (Lipinski definition) is 1. The van der Waals surface area contributed by atoms with Gasteiger partial charge in [-0.3, -0.25) is 0 Å². The zero-order valence-corrected chi connectivity index (χ0v) is 10.5. The van der Waals surface area contributed by atoms with Gasteiger partial charge in [0.1, 0.15) is 11.0 Å². The maximum atomic E-state index is 12.0. The van der Waals surface area contributed by atoms with Gasteiger partial charge < -0.3 is 0 Å². The molecule has 0 amide bonds. The van der Waals surface area contributed by atoms with Crippen molar-refractivity contribution >= 4 is 11.0 Å². The SMILES string of the molecule is C[C@H](N[S@](=O)c1ccccc1)c1ccccc1. The Balaban J connectivity index is 2.05. The molecular weight excluding hydrogens is 230 g/mol. The van der Waals surface area contributed by atoms with Crippen LogP contribution in [0.1, 0.15) is 18.5 Å². The average Bonchev–Trinajstić information content (AvgIpc) is 2.40. The van der Waals surface area contributed by atoms with Gasteiger partial charge in [0, 0.05) is 6.04 Å². The molecule has 0 aliphatic rings. The Morgan fingerprint density at radius 2 is 1.47 bits per heavy atom. The van der Waals surface area contributed by atoms with Crippen LogP contribution in [0.2, 0.25) is 0 Å². The standard InChI is InChI=1S/C14H15NOS/c1-12(13-8-4-2-5-9-13)15-17(16)14-10-6-3-7-11-14/h2-12,15H,1H3/t12-,17+/m0/s1. The van der Waals surface area contributed by atoms with E-state index in [1.807, 2.05) is 67.6 Å². The highest BCUT2D eigenvalue weighted by Crippen LogP contribution is 2.13. The number of nitrogens with one attached hydrogen (secondary N) is 1. The molecule has 0 radical (unpaired) electrons. The van der Waals surface area contributed by atoms with Crippen LogP contribution in [0.15, 0.2) is 65.6 Å². The highest BCUT2D eigenvalue weighted by atomic mass is 32.2. The van der Waals surface area contributed by atoms with E-state index in [0.717, 1.165) is 10.5 Å². The zero-order chi connectivity index (χ0) is 12.1. The molecule has 2 atom stereocenters. The van der Waals surface area contributed by atoms with Gasteiger partial charge in [0.2, 0.25) is 0 Å². The molecule has 0 aromatic heterocycles. The fourth-order valence-corrected chi connectivity index (χ4v) is 2.58. The summed E-state index contributed by atoms with van der Waals surface area (Å²) in [6.45, 7) is 2.01. The molecule has 0 saturated heterocycles. The van der Waals surface area contributed by atoms with Crippen molar-refractivity contribution in [1.29, 1.82) is 0 Å². The van der Waals surface area contributed by atoms with Gasteiger partial charge >= 0.3 is 0 Å². The van der Waals surface area contributed by atoms with E-state index >= 15 is 0 Å². The highest BCUT2D eigenvalue weighted by molar-refractivity contribution is 7.83. The second-order valence-electron chi connectivity index (χ2n) is 3.83. The van der Waals surface area contributed by atoms with Gasteiger partial charge in [-0.25, -0.2) is 8.93 Å². The van der Waals surface area contributed by atoms with Crippen LogP contribution in [0, 0.1) is 0 Å². The minimum absolute atomic E-state index is 0.0669. The summed E-state index contributed by atoms with van der Waals surface area (Å²) in [4.78, 5) is 0.801. The van der Waals surface area contributed by atoms with Crippen molar-refractivity contribution in [3.05, 3.63) is 66.2 Å². The first-order valence-electron chi connectivity index (χ1n) is 5.55. The van der Waals surface area contributed by atoms with E-state index in [-0.39, 0.29) is 6.04 Å². The van der Waals surface area contributed by atoms with Gasteiger partial charge in [0.25, 0.3) is 0 Å². The van der Waals surface area contributed by atoms with E-state index < -0.39 is 11.0 Å². The average molecular weight is 245 g/mol. The highest BCUT2D eigenvalue weighted by Gasteiger charge is 2.09. The van der Waals surface area contributed by atoms with Crippen LogP contribution in [0.3, 0.4) is 0 Å². The van der Waals surface area contributed by atoms with E-state index in [1.54, 1.807) is 0 Å². The normalized spacial score (nSPS) is 14.2. The van der Waals surface area contributed by atoms with Crippen LogP contribution in [-0.2, 0) is 11.0 Å². The maximum absolute atomic E-state index is 12.0. The Morgan fingerprint density at radius 1 is 0.941 bits per heavy atom. The first-order chi connectivity index (χ1) is 8.27. The van der Waals surface area contributed by atoms with Gasteiger partial charge in [-0.1, -0.05) is 48.5 Å². The van der Waals surface area contributed by atoms with E-state index in [2.05, 4.69) is 4.72 Å². The Hall–Kier alpha value is -1.45. The summed E-state index contributed by atoms with van der Waals surface area (Å²) in [5.41, 5.74) is 1.14. The lowest BCUT2D eigenvalue weighted by atomic mass is 10.1. The second kappa shape index (κ2) is 5.75. The summed E-state index contributed by atoms with van der Waals surface area (Å²) >= 11 is 0. The number of hydrogen-bond donors (Lipinski definition) is 1. The summed E-state index contributed by atoms with van der Waals surface area (Å²) in [5, 5.41) is 0. The number of rotatable bonds is 4. The first-order valence-corrected chi connectivity index (χ1v) is 6.70. The van der Waals surface area contributed by atoms with E-state index in [9.17, 15) is 4.21 Å². The third kappa shape index (κ3) is 3.25. The molecule has 88 valence electrons. The minimum Gasteiger partial charge on any atom is -0.237 e. The summed E-state index contributed by atoms with van der Waals surface area (Å²) in [7, 11) is -1.16. The predicted octanol–water partition coefficient (Wildman–Crippen LogP) is 3.06. The molecule has 0 bridgehead atoms. The van der Waals surface area contributed by atoms with Crippen LogP contribution in [0.25, 0.3) is 0 Å². The smallest absolute Gasteiger partial charge is 0.125 e. The molecule has 0 heterocycles. The van der Waals surface area contributed by atoms with E-state index in [1.165, 1.54) is 0 Å². The lowest BCUT2D eigenvalue weighted by Crippen LogP contribution is -2.21. The largest absolute Gasteiger partial charge is 0.237 e. The zero-order valence-electron chi connectivity index (χ0n) is 9.67. The van der Waals surface area contributed by atoms with Crippen LogP contribution < -0.4 is 4.72 Å². The molecule has 0 saturated carbocycles. The maximum Gasteiger partial charge on any atom is 0.125 e. The molecule has 0 spiro atoms. The van der Waals surface area contributed by atoms with Crippen LogP contribution in [0.5, 0.6) is 0 Å². The van der Waals surface area contributed by atoms with Crippen molar-refractivity contribution < 1.29 is 4.21 Å². The third-order valence-corrected chi connectivity index (χ3v) is 3.81. The quantitative estimate of drug-likeness (QED) is 0.881. The molecule has 0 fully saturated rings. The Kier molecular flexibility index (Phi) is 4.07. The fraction of sp³-hybridized carbons (Fsp3) is 0.143. The minimum atomic E-state index is -1.16. The summed E-state index contributed by atoms with van der Waals surface area (Å²) in [6, 6.07) is 19.5. The monoisotopic (exact) mass is 245 g/mol. The predicted molar refractivity (Wildman–Crippen MR) is 70.8 cm³/mol. The van der Waals surface area contributed by atoms with Crippen LogP contribution >= 0.6 is 0 Å². The molecule has 17 heavy (non-hydrogen) atoms. The van der Waals surface area contributed by atoms with Crippen molar-refractivity contribution in [2.45, 2.75) is 17.9 Å². The second-order valence-corrected chi connectivity index (χ2v) is 5.08. The molecule has 0 aliphatic carbocycles. The Morgan fingerprint density at radius 3 is 2.06 bits per heavy atom. The van der Waals surface area contributed by atoms with Crippen molar-refractivity contribution in [1.82, 2.24) is 4.72 Å². The number of benzene rings is 2. The molecule has 2 aromatic rings. The van der Waals surface area contributed by atoms with Crippen molar-refractivity contribution in [2.75, 3.05) is 0 Å². The molecule has 0 unspecified atom stereocenters. The molecule has 1 N–H and O–H groups in total. The topological polar surface area (TPSA) is 29.1 Å². The molecule has 2 nitrogen and oxygen atoms in total. The molecule has 3 heteroatoms. The molecular formula is C14H15NOS. The van der Waals surface area contributed by atoms with Gasteiger partial charge in [0.15, 0.2) is 0 Å². The molecule has 2 rings (SSSR count). The summed E-state index contributed by atoms with van der Waals surface area (Å²) in [5.74, 6) is 0. The third-order valence-electron chi connectivity index (χ3n) is 2.54. The van der Waals surface area contributed by atoms with Gasteiger partial charge in [0.05, 0.1) is 4.90 Å². The van der Waals surface area contributed by atoms with Gasteiger partial charge in [-0.15, -0.1) is 0 Å². The first kappa shape index (κ1) is 12.0. The van der Waals surface area contributed by atoms with Crippen molar-refractivity contribution in [2.24, 2.45) is 0 Å². The van der Waals surface area contributed by atoms with Gasteiger partial charge in [-0.2, -0.15) is 0 Å². The Labute approximate surface area is 104 Å². The molecule has 2 aromatic carbocycles. The fourth-order valence-electron chi connectivity index (χ4n) is 1.58. The summed E-state index contributed by atoms with van der Waals surface area (Å²) in [6.07, 6.45) is 0. The van der Waals surface area contributed by atoms with Crippen LogP contribution in [-0.4, -0.2) is 4.21 Å². The van der Waals surface area contributed by atoms with E-state index in [4.69, 9.17) is 0 Å². The summed E-state index contributed by atoms with van der Waals surface area (Å²) < 4.78 is 15.1. The Bertz CT molecular complexity index is 484. The lowest BCUT2D eigenvalue weighted by Gasteiger charge is -2.13. The lowest BCUT2D eigenvalue weighted by molar-refractivity contribution is 0.651. The van der Waals surface area contributed by atoms with E-state index in [0.29, 0.717) is 0 Å². The van der Waals surface area contributed by atoms with Gasteiger partial charge in [-0.05, 0) is 24.6 Å². The van der Waals surface area contributed by atoms with Crippen molar-refractivity contribution in [3.63, 3.8) is 0 Å². The van der Waals surface area contributed by atoms with Crippen molar-refractivity contribution in [3.8, 4) is 0 Å². The molecule has 0 aliphatic heterocycles.